The van der Waals surface area contributed by atoms with Crippen LogP contribution in [0.25, 0.3) is 0 Å². The van der Waals surface area contributed by atoms with Crippen LogP contribution in [0.5, 0.6) is 0 Å². The molecule has 1 rings (SSSR count). The van der Waals surface area contributed by atoms with Crippen molar-refractivity contribution in [2.45, 2.75) is 70.5 Å². The van der Waals surface area contributed by atoms with E-state index in [2.05, 4.69) is 5.32 Å². The molecule has 4 heteroatoms. The van der Waals surface area contributed by atoms with Crippen LogP contribution in [0.15, 0.2) is 0 Å². The molecule has 1 aliphatic rings. The molecule has 0 bridgehead atoms. The van der Waals surface area contributed by atoms with E-state index in [1.807, 2.05) is 27.7 Å². The molecule has 1 aliphatic carbocycles. The van der Waals surface area contributed by atoms with Crippen LogP contribution in [-0.4, -0.2) is 23.1 Å². The van der Waals surface area contributed by atoms with E-state index in [0.717, 1.165) is 25.7 Å². The number of hydrogen-bond donors (Lipinski definition) is 1. The minimum atomic E-state index is -0.252. The van der Waals surface area contributed by atoms with Crippen LogP contribution in [0.4, 0.5) is 0 Å². The number of esters is 1. The SMILES string of the molecule is CC(NC(C)(C)C)OC(=O)C1CCCC(Cl)C1. The Bertz CT molecular complexity index is 263. The van der Waals surface area contributed by atoms with E-state index in [0.29, 0.717) is 0 Å². The van der Waals surface area contributed by atoms with Crippen LogP contribution in [0.2, 0.25) is 0 Å². The van der Waals surface area contributed by atoms with Gasteiger partial charge in [0.05, 0.1) is 5.92 Å². The number of nitrogens with one attached hydrogen (secondary N) is 1. The van der Waals surface area contributed by atoms with Crippen molar-refractivity contribution in [3.8, 4) is 0 Å². The Hall–Kier alpha value is -0.280. The molecule has 1 N–H and O–H groups in total. The third-order valence-electron chi connectivity index (χ3n) is 2.87. The lowest BCUT2D eigenvalue weighted by atomic mass is 9.89. The predicted octanol–water partition coefficient (Wildman–Crippen LogP) is 3.06. The summed E-state index contributed by atoms with van der Waals surface area (Å²) in [5.74, 6) is -0.130. The Kier molecular flexibility index (Phi) is 5.26. The van der Waals surface area contributed by atoms with Crippen molar-refractivity contribution in [3.05, 3.63) is 0 Å². The summed E-state index contributed by atoms with van der Waals surface area (Å²) in [6.45, 7) is 8.01. The number of carbonyl (C=O) groups excluding carboxylic acids is 1. The quantitative estimate of drug-likeness (QED) is 0.482. The topological polar surface area (TPSA) is 38.3 Å². The molecule has 3 unspecified atom stereocenters. The first-order chi connectivity index (χ1) is 7.78. The smallest absolute Gasteiger partial charge is 0.310 e. The third-order valence-corrected chi connectivity index (χ3v) is 3.27. The van der Waals surface area contributed by atoms with E-state index < -0.39 is 0 Å². The van der Waals surface area contributed by atoms with Gasteiger partial charge in [-0.05, 0) is 47.0 Å². The molecule has 0 spiro atoms. The van der Waals surface area contributed by atoms with E-state index in [-0.39, 0.29) is 29.0 Å². The summed E-state index contributed by atoms with van der Waals surface area (Å²) in [7, 11) is 0. The van der Waals surface area contributed by atoms with Crippen LogP contribution >= 0.6 is 11.6 Å². The van der Waals surface area contributed by atoms with Gasteiger partial charge in [-0.3, -0.25) is 10.1 Å². The third kappa shape index (κ3) is 5.73. The standard InChI is InChI=1S/C13H24ClNO2/c1-9(15-13(2,3)4)17-12(16)10-6-5-7-11(14)8-10/h9-11,15H,5-8H2,1-4H3. The van der Waals surface area contributed by atoms with E-state index in [4.69, 9.17) is 16.3 Å². The molecule has 0 aromatic heterocycles. The molecule has 17 heavy (non-hydrogen) atoms. The Labute approximate surface area is 109 Å². The number of carbonyl (C=O) groups is 1. The van der Waals surface area contributed by atoms with Crippen molar-refractivity contribution in [2.75, 3.05) is 0 Å². The molecule has 0 amide bonds. The molecule has 0 aromatic rings. The minimum Gasteiger partial charge on any atom is -0.447 e. The van der Waals surface area contributed by atoms with Crippen LogP contribution < -0.4 is 5.32 Å². The van der Waals surface area contributed by atoms with E-state index >= 15 is 0 Å². The lowest BCUT2D eigenvalue weighted by Crippen LogP contribution is -2.45. The first-order valence-corrected chi connectivity index (χ1v) is 6.84. The Morgan fingerprint density at radius 3 is 2.59 bits per heavy atom. The Morgan fingerprint density at radius 1 is 1.41 bits per heavy atom. The zero-order valence-corrected chi connectivity index (χ0v) is 12.0. The number of rotatable bonds is 3. The maximum Gasteiger partial charge on any atom is 0.310 e. The van der Waals surface area contributed by atoms with Gasteiger partial charge in [0.2, 0.25) is 0 Å². The summed E-state index contributed by atoms with van der Waals surface area (Å²) in [5, 5.41) is 3.36. The van der Waals surface area contributed by atoms with Gasteiger partial charge in [-0.2, -0.15) is 0 Å². The maximum atomic E-state index is 11.9. The second-order valence-electron chi connectivity index (χ2n) is 5.93. The molecular weight excluding hydrogens is 238 g/mol. The Morgan fingerprint density at radius 2 is 2.06 bits per heavy atom. The molecule has 0 saturated heterocycles. The van der Waals surface area contributed by atoms with Crippen molar-refractivity contribution < 1.29 is 9.53 Å². The molecule has 3 atom stereocenters. The molecule has 0 heterocycles. The maximum absolute atomic E-state index is 11.9. The van der Waals surface area contributed by atoms with Crippen LogP contribution in [0, 0.1) is 5.92 Å². The summed E-state index contributed by atoms with van der Waals surface area (Å²) < 4.78 is 5.41. The van der Waals surface area contributed by atoms with Crippen LogP contribution in [0.1, 0.15) is 53.4 Å². The summed E-state index contributed by atoms with van der Waals surface area (Å²) in [4.78, 5) is 11.9. The zero-order chi connectivity index (χ0) is 13.1. The van der Waals surface area contributed by atoms with Crippen molar-refractivity contribution in [3.63, 3.8) is 0 Å². The van der Waals surface area contributed by atoms with E-state index in [9.17, 15) is 4.79 Å². The van der Waals surface area contributed by atoms with Crippen LogP contribution in [0.3, 0.4) is 0 Å². The highest BCUT2D eigenvalue weighted by Gasteiger charge is 2.28. The summed E-state index contributed by atoms with van der Waals surface area (Å²) in [5.41, 5.74) is -0.0543. The monoisotopic (exact) mass is 261 g/mol. The molecule has 1 fully saturated rings. The fourth-order valence-electron chi connectivity index (χ4n) is 2.25. The first-order valence-electron chi connectivity index (χ1n) is 6.40. The average Bonchev–Trinajstić information content (AvgIpc) is 2.14. The summed E-state index contributed by atoms with van der Waals surface area (Å²) in [6, 6.07) is 0. The highest BCUT2D eigenvalue weighted by Crippen LogP contribution is 2.28. The summed E-state index contributed by atoms with van der Waals surface area (Å²) >= 11 is 6.08. The largest absolute Gasteiger partial charge is 0.447 e. The lowest BCUT2D eigenvalue weighted by Gasteiger charge is -2.29. The lowest BCUT2D eigenvalue weighted by molar-refractivity contribution is -0.156. The summed E-state index contributed by atoms with van der Waals surface area (Å²) in [6.07, 6.45) is 3.45. The highest BCUT2D eigenvalue weighted by atomic mass is 35.5. The molecule has 100 valence electrons. The normalized spacial score (nSPS) is 27.6. The molecule has 3 nitrogen and oxygen atoms in total. The van der Waals surface area contributed by atoms with Gasteiger partial charge < -0.3 is 4.74 Å². The van der Waals surface area contributed by atoms with Gasteiger partial charge in [0, 0.05) is 10.9 Å². The number of hydrogen-bond acceptors (Lipinski definition) is 3. The van der Waals surface area contributed by atoms with Crippen molar-refractivity contribution in [2.24, 2.45) is 5.92 Å². The van der Waals surface area contributed by atoms with Gasteiger partial charge in [-0.15, -0.1) is 11.6 Å². The molecular formula is C13H24ClNO2. The second kappa shape index (κ2) is 6.05. The average molecular weight is 262 g/mol. The Balaban J connectivity index is 2.38. The highest BCUT2D eigenvalue weighted by molar-refractivity contribution is 6.20. The molecule has 0 radical (unpaired) electrons. The van der Waals surface area contributed by atoms with Gasteiger partial charge >= 0.3 is 5.97 Å². The fourth-order valence-corrected chi connectivity index (χ4v) is 2.62. The van der Waals surface area contributed by atoms with Gasteiger partial charge in [0.15, 0.2) is 6.23 Å². The van der Waals surface area contributed by atoms with Crippen LogP contribution in [-0.2, 0) is 9.53 Å². The van der Waals surface area contributed by atoms with Crippen molar-refractivity contribution in [1.29, 1.82) is 0 Å². The predicted molar refractivity (Wildman–Crippen MR) is 70.0 cm³/mol. The van der Waals surface area contributed by atoms with Gasteiger partial charge in [0.1, 0.15) is 0 Å². The van der Waals surface area contributed by atoms with Crippen molar-refractivity contribution >= 4 is 17.6 Å². The molecule has 1 saturated carbocycles. The van der Waals surface area contributed by atoms with Crippen molar-refractivity contribution in [1.82, 2.24) is 5.32 Å². The molecule has 0 aromatic carbocycles. The number of alkyl halides is 1. The minimum absolute atomic E-state index is 0.0181. The van der Waals surface area contributed by atoms with Gasteiger partial charge in [0.25, 0.3) is 0 Å². The zero-order valence-electron chi connectivity index (χ0n) is 11.3. The van der Waals surface area contributed by atoms with E-state index in [1.165, 1.54) is 0 Å². The van der Waals surface area contributed by atoms with Gasteiger partial charge in [-0.25, -0.2) is 0 Å². The second-order valence-corrected chi connectivity index (χ2v) is 6.55. The number of halogens is 1. The molecule has 0 aliphatic heterocycles. The van der Waals surface area contributed by atoms with E-state index in [1.54, 1.807) is 0 Å². The van der Waals surface area contributed by atoms with Gasteiger partial charge in [-0.1, -0.05) is 6.42 Å². The first kappa shape index (κ1) is 14.8. The number of ether oxygens (including phenoxy) is 1. The fraction of sp³-hybridized carbons (Fsp3) is 0.923.